The van der Waals surface area contributed by atoms with Crippen LogP contribution >= 0.6 is 22.6 Å². The first-order chi connectivity index (χ1) is 8.56. The van der Waals surface area contributed by atoms with E-state index in [1.54, 1.807) is 12.1 Å². The standard InChI is InChI=1S/C11H8IN3O3/c12-7-2-1-3-8(4-7)14-11(16)10-5-9(6-13-10)15(17)18/h1-6,13H,(H,14,16). The molecule has 0 saturated carbocycles. The van der Waals surface area contributed by atoms with Gasteiger partial charge in [0, 0.05) is 15.3 Å². The molecular weight excluding hydrogens is 349 g/mol. The Morgan fingerprint density at radius 2 is 2.17 bits per heavy atom. The Hall–Kier alpha value is -1.90. The summed E-state index contributed by atoms with van der Waals surface area (Å²) in [6, 6.07) is 8.46. The predicted octanol–water partition coefficient (Wildman–Crippen LogP) is 2.78. The summed E-state index contributed by atoms with van der Waals surface area (Å²) >= 11 is 2.13. The zero-order valence-corrected chi connectivity index (χ0v) is 11.2. The summed E-state index contributed by atoms with van der Waals surface area (Å²) in [6.07, 6.45) is 1.18. The van der Waals surface area contributed by atoms with Crippen LogP contribution in [-0.4, -0.2) is 15.8 Å². The Balaban J connectivity index is 2.14. The molecule has 0 fully saturated rings. The number of benzene rings is 1. The number of halogens is 1. The maximum atomic E-state index is 11.8. The van der Waals surface area contributed by atoms with Crippen molar-refractivity contribution in [2.75, 3.05) is 5.32 Å². The average molecular weight is 357 g/mol. The van der Waals surface area contributed by atoms with Crippen molar-refractivity contribution in [1.82, 2.24) is 4.98 Å². The van der Waals surface area contributed by atoms with Crippen LogP contribution in [0.15, 0.2) is 36.5 Å². The number of hydrogen-bond acceptors (Lipinski definition) is 3. The SMILES string of the molecule is O=C(Nc1cccc(I)c1)c1cc([N+](=O)[O-])c[nH]1. The van der Waals surface area contributed by atoms with Crippen molar-refractivity contribution >= 4 is 39.9 Å². The molecule has 6 nitrogen and oxygen atoms in total. The van der Waals surface area contributed by atoms with E-state index in [4.69, 9.17) is 0 Å². The van der Waals surface area contributed by atoms with E-state index >= 15 is 0 Å². The lowest BCUT2D eigenvalue weighted by atomic mass is 10.3. The highest BCUT2D eigenvalue weighted by Crippen LogP contribution is 2.16. The maximum absolute atomic E-state index is 11.8. The minimum Gasteiger partial charge on any atom is -0.351 e. The minimum absolute atomic E-state index is 0.136. The Bertz CT molecular complexity index is 609. The van der Waals surface area contributed by atoms with Crippen LogP contribution in [0, 0.1) is 13.7 Å². The molecule has 0 aliphatic carbocycles. The van der Waals surface area contributed by atoms with Crippen LogP contribution in [0.3, 0.4) is 0 Å². The topological polar surface area (TPSA) is 88.0 Å². The normalized spacial score (nSPS) is 10.1. The Labute approximate surface area is 116 Å². The Morgan fingerprint density at radius 3 is 2.78 bits per heavy atom. The zero-order valence-electron chi connectivity index (χ0n) is 9.01. The number of rotatable bonds is 3. The van der Waals surface area contributed by atoms with E-state index in [1.807, 2.05) is 12.1 Å². The molecule has 0 spiro atoms. The molecule has 1 aromatic carbocycles. The zero-order chi connectivity index (χ0) is 13.1. The summed E-state index contributed by atoms with van der Waals surface area (Å²) in [4.78, 5) is 24.3. The number of H-pyrrole nitrogens is 1. The number of amides is 1. The molecule has 0 aliphatic rings. The van der Waals surface area contributed by atoms with E-state index in [1.165, 1.54) is 12.3 Å². The average Bonchev–Trinajstić information content (AvgIpc) is 2.78. The molecule has 0 saturated heterocycles. The number of aromatic nitrogens is 1. The molecule has 0 unspecified atom stereocenters. The van der Waals surface area contributed by atoms with Gasteiger partial charge < -0.3 is 10.3 Å². The van der Waals surface area contributed by atoms with Crippen molar-refractivity contribution in [3.05, 3.63) is 55.9 Å². The molecule has 92 valence electrons. The second-order valence-corrected chi connectivity index (χ2v) is 4.74. The summed E-state index contributed by atoms with van der Waals surface area (Å²) in [6.45, 7) is 0. The highest BCUT2D eigenvalue weighted by atomic mass is 127. The molecule has 1 amide bonds. The molecule has 0 atom stereocenters. The lowest BCUT2D eigenvalue weighted by Gasteiger charge is -2.03. The van der Waals surface area contributed by atoms with Crippen LogP contribution in [0.25, 0.3) is 0 Å². The first kappa shape index (κ1) is 12.6. The van der Waals surface area contributed by atoms with Crippen LogP contribution in [0.5, 0.6) is 0 Å². The number of nitro groups is 1. The van der Waals surface area contributed by atoms with E-state index in [0.29, 0.717) is 5.69 Å². The third-order valence-corrected chi connectivity index (χ3v) is 2.88. The van der Waals surface area contributed by atoms with Crippen LogP contribution < -0.4 is 5.32 Å². The number of aromatic amines is 1. The van der Waals surface area contributed by atoms with Crippen molar-refractivity contribution < 1.29 is 9.72 Å². The van der Waals surface area contributed by atoms with Gasteiger partial charge in [0.1, 0.15) is 5.69 Å². The molecule has 1 heterocycles. The second kappa shape index (κ2) is 5.17. The second-order valence-electron chi connectivity index (χ2n) is 3.49. The number of hydrogen-bond donors (Lipinski definition) is 2. The van der Waals surface area contributed by atoms with Gasteiger partial charge in [0.2, 0.25) is 0 Å². The summed E-state index contributed by atoms with van der Waals surface area (Å²) in [5.74, 6) is -0.412. The summed E-state index contributed by atoms with van der Waals surface area (Å²) < 4.78 is 0.989. The van der Waals surface area contributed by atoms with Gasteiger partial charge in [-0.05, 0) is 40.8 Å². The minimum atomic E-state index is -0.557. The lowest BCUT2D eigenvalue weighted by Crippen LogP contribution is -2.12. The van der Waals surface area contributed by atoms with Crippen LogP contribution in [-0.2, 0) is 0 Å². The van der Waals surface area contributed by atoms with E-state index in [9.17, 15) is 14.9 Å². The van der Waals surface area contributed by atoms with Crippen LogP contribution in [0.4, 0.5) is 11.4 Å². The molecule has 2 rings (SSSR count). The first-order valence-electron chi connectivity index (χ1n) is 4.96. The van der Waals surface area contributed by atoms with Crippen molar-refractivity contribution in [1.29, 1.82) is 0 Å². The molecule has 2 aromatic rings. The van der Waals surface area contributed by atoms with Gasteiger partial charge >= 0.3 is 0 Å². The fraction of sp³-hybridized carbons (Fsp3) is 0. The quantitative estimate of drug-likeness (QED) is 0.503. The van der Waals surface area contributed by atoms with Gasteiger partial charge in [-0.1, -0.05) is 6.07 Å². The van der Waals surface area contributed by atoms with Crippen LogP contribution in [0.1, 0.15) is 10.5 Å². The third-order valence-electron chi connectivity index (χ3n) is 2.21. The fourth-order valence-electron chi connectivity index (χ4n) is 1.38. The molecule has 7 heteroatoms. The maximum Gasteiger partial charge on any atom is 0.287 e. The molecule has 1 aromatic heterocycles. The molecule has 2 N–H and O–H groups in total. The summed E-state index contributed by atoms with van der Waals surface area (Å²) in [5, 5.41) is 13.1. The van der Waals surface area contributed by atoms with E-state index in [-0.39, 0.29) is 11.4 Å². The van der Waals surface area contributed by atoms with Crippen LogP contribution in [0.2, 0.25) is 0 Å². The smallest absolute Gasteiger partial charge is 0.287 e. The van der Waals surface area contributed by atoms with Crippen molar-refractivity contribution in [3.8, 4) is 0 Å². The molecule has 0 radical (unpaired) electrons. The molecule has 0 bridgehead atoms. The van der Waals surface area contributed by atoms with E-state index < -0.39 is 10.8 Å². The lowest BCUT2D eigenvalue weighted by molar-refractivity contribution is -0.384. The summed E-state index contributed by atoms with van der Waals surface area (Å²) in [5.41, 5.74) is 0.660. The molecule has 0 aliphatic heterocycles. The number of anilines is 1. The van der Waals surface area contributed by atoms with Crippen molar-refractivity contribution in [2.45, 2.75) is 0 Å². The van der Waals surface area contributed by atoms with E-state index in [2.05, 4.69) is 32.9 Å². The van der Waals surface area contributed by atoms with Gasteiger partial charge in [0.05, 0.1) is 11.1 Å². The number of carbonyl (C=O) groups excluding carboxylic acids is 1. The van der Waals surface area contributed by atoms with Gasteiger partial charge in [-0.3, -0.25) is 14.9 Å². The van der Waals surface area contributed by atoms with Gasteiger partial charge in [0.25, 0.3) is 11.6 Å². The molecule has 18 heavy (non-hydrogen) atoms. The largest absolute Gasteiger partial charge is 0.351 e. The van der Waals surface area contributed by atoms with Gasteiger partial charge in [-0.2, -0.15) is 0 Å². The van der Waals surface area contributed by atoms with Crippen molar-refractivity contribution in [2.24, 2.45) is 0 Å². The fourth-order valence-corrected chi connectivity index (χ4v) is 1.93. The number of carbonyl (C=O) groups is 1. The van der Waals surface area contributed by atoms with Gasteiger partial charge in [0.15, 0.2) is 0 Å². The Morgan fingerprint density at radius 1 is 1.39 bits per heavy atom. The van der Waals surface area contributed by atoms with Gasteiger partial charge in [-0.15, -0.1) is 0 Å². The third kappa shape index (κ3) is 2.86. The molecular formula is C11H8IN3O3. The highest BCUT2D eigenvalue weighted by Gasteiger charge is 2.14. The van der Waals surface area contributed by atoms with Gasteiger partial charge in [-0.25, -0.2) is 0 Å². The monoisotopic (exact) mass is 357 g/mol. The number of nitrogens with one attached hydrogen (secondary N) is 2. The number of nitrogens with zero attached hydrogens (tertiary/aromatic N) is 1. The van der Waals surface area contributed by atoms with Crippen molar-refractivity contribution in [3.63, 3.8) is 0 Å². The van der Waals surface area contributed by atoms with E-state index in [0.717, 1.165) is 3.57 Å². The first-order valence-corrected chi connectivity index (χ1v) is 6.04. The summed E-state index contributed by atoms with van der Waals surface area (Å²) in [7, 11) is 0. The predicted molar refractivity (Wildman–Crippen MR) is 74.6 cm³/mol. The Kier molecular flexibility index (Phi) is 3.60. The highest BCUT2D eigenvalue weighted by molar-refractivity contribution is 14.1.